The molecule has 1 unspecified atom stereocenters. The Labute approximate surface area is 119 Å². The molecule has 100 valence electrons. The Morgan fingerprint density at radius 1 is 1.26 bits per heavy atom. The fourth-order valence-electron chi connectivity index (χ4n) is 2.27. The predicted molar refractivity (Wildman–Crippen MR) is 80.5 cm³/mol. The largest absolute Gasteiger partial charge is 0.310 e. The Balaban J connectivity index is 2.27. The average Bonchev–Trinajstić information content (AvgIpc) is 2.41. The molecule has 0 spiro atoms. The first kappa shape index (κ1) is 14.0. The van der Waals surface area contributed by atoms with Crippen LogP contribution in [-0.4, -0.2) is 11.5 Å². The van der Waals surface area contributed by atoms with Gasteiger partial charge in [0.05, 0.1) is 5.02 Å². The van der Waals surface area contributed by atoms with Gasteiger partial charge in [-0.25, -0.2) is 0 Å². The Bertz CT molecular complexity index is 540. The topological polar surface area (TPSA) is 24.9 Å². The second-order valence-electron chi connectivity index (χ2n) is 4.64. The minimum Gasteiger partial charge on any atom is -0.310 e. The van der Waals surface area contributed by atoms with Gasteiger partial charge >= 0.3 is 0 Å². The molecule has 0 fully saturated rings. The molecule has 0 saturated carbocycles. The van der Waals surface area contributed by atoms with Crippen molar-refractivity contribution in [3.05, 3.63) is 64.4 Å². The van der Waals surface area contributed by atoms with Crippen molar-refractivity contribution in [2.24, 2.45) is 0 Å². The molecular weight excluding hydrogens is 256 g/mol. The zero-order valence-electron chi connectivity index (χ0n) is 11.4. The maximum atomic E-state index is 6.26. The summed E-state index contributed by atoms with van der Waals surface area (Å²) in [5.41, 5.74) is 3.78. The van der Waals surface area contributed by atoms with E-state index in [0.717, 1.165) is 23.6 Å². The van der Waals surface area contributed by atoms with E-state index in [4.69, 9.17) is 11.6 Å². The minimum absolute atomic E-state index is 0.224. The molecule has 0 radical (unpaired) electrons. The van der Waals surface area contributed by atoms with E-state index in [-0.39, 0.29) is 6.04 Å². The second-order valence-corrected chi connectivity index (χ2v) is 5.05. The van der Waals surface area contributed by atoms with Gasteiger partial charge < -0.3 is 5.32 Å². The van der Waals surface area contributed by atoms with Crippen LogP contribution in [0.3, 0.4) is 0 Å². The fourth-order valence-corrected chi connectivity index (χ4v) is 2.52. The van der Waals surface area contributed by atoms with Crippen LogP contribution in [0.2, 0.25) is 5.02 Å². The van der Waals surface area contributed by atoms with E-state index in [2.05, 4.69) is 48.4 Å². The molecule has 1 atom stereocenters. The highest BCUT2D eigenvalue weighted by Gasteiger charge is 2.15. The third-order valence-electron chi connectivity index (χ3n) is 3.32. The number of aromatic nitrogens is 1. The van der Waals surface area contributed by atoms with Crippen molar-refractivity contribution in [3.8, 4) is 0 Å². The molecule has 1 heterocycles. The molecule has 3 heteroatoms. The van der Waals surface area contributed by atoms with Gasteiger partial charge in [0.2, 0.25) is 0 Å². The van der Waals surface area contributed by atoms with Crippen molar-refractivity contribution >= 4 is 11.6 Å². The summed E-state index contributed by atoms with van der Waals surface area (Å²) in [6.45, 7) is 5.17. The van der Waals surface area contributed by atoms with Crippen molar-refractivity contribution in [3.63, 3.8) is 0 Å². The lowest BCUT2D eigenvalue weighted by Gasteiger charge is -2.20. The van der Waals surface area contributed by atoms with Crippen molar-refractivity contribution in [2.75, 3.05) is 6.54 Å². The van der Waals surface area contributed by atoms with E-state index in [9.17, 15) is 0 Å². The van der Waals surface area contributed by atoms with Gasteiger partial charge in [-0.05, 0) is 42.6 Å². The summed E-state index contributed by atoms with van der Waals surface area (Å²) < 4.78 is 0. The van der Waals surface area contributed by atoms with E-state index >= 15 is 0 Å². The fraction of sp³-hybridized carbons (Fsp3) is 0.312. The van der Waals surface area contributed by atoms with E-state index in [1.807, 2.05) is 6.07 Å². The van der Waals surface area contributed by atoms with Crippen LogP contribution in [-0.2, 0) is 6.42 Å². The lowest BCUT2D eigenvalue weighted by Crippen LogP contribution is -2.23. The molecule has 19 heavy (non-hydrogen) atoms. The summed E-state index contributed by atoms with van der Waals surface area (Å²) in [6, 6.07) is 10.7. The first-order valence-electron chi connectivity index (χ1n) is 6.59. The highest BCUT2D eigenvalue weighted by Crippen LogP contribution is 2.25. The highest BCUT2D eigenvalue weighted by molar-refractivity contribution is 6.31. The molecule has 2 aromatic rings. The van der Waals surface area contributed by atoms with Crippen LogP contribution in [0.4, 0.5) is 0 Å². The van der Waals surface area contributed by atoms with Crippen LogP contribution in [0.5, 0.6) is 0 Å². The lowest BCUT2D eigenvalue weighted by atomic mass is 9.96. The summed E-state index contributed by atoms with van der Waals surface area (Å²) in [4.78, 5) is 4.05. The summed E-state index contributed by atoms with van der Waals surface area (Å²) in [5.74, 6) is 0. The zero-order chi connectivity index (χ0) is 13.7. The van der Waals surface area contributed by atoms with Crippen LogP contribution in [0.25, 0.3) is 0 Å². The Hall–Kier alpha value is -1.38. The standard InChI is InChI=1S/C16H19ClN2/c1-3-19-16(14-8-9-18-11-15(14)17)10-13-7-5-4-6-12(13)2/h4-9,11,16,19H,3,10H2,1-2H3. The Kier molecular flexibility index (Phi) is 4.94. The molecule has 1 aromatic heterocycles. The van der Waals surface area contributed by atoms with Gasteiger partial charge in [0, 0.05) is 18.4 Å². The van der Waals surface area contributed by atoms with Crippen LogP contribution in [0, 0.1) is 6.92 Å². The summed E-state index contributed by atoms with van der Waals surface area (Å²) >= 11 is 6.26. The highest BCUT2D eigenvalue weighted by atomic mass is 35.5. The SMILES string of the molecule is CCNC(Cc1ccccc1C)c1ccncc1Cl. The molecule has 1 N–H and O–H groups in total. The molecule has 2 rings (SSSR count). The molecular formula is C16H19ClN2. The summed E-state index contributed by atoms with van der Waals surface area (Å²) in [5, 5.41) is 4.23. The Morgan fingerprint density at radius 2 is 2.05 bits per heavy atom. The molecule has 0 saturated heterocycles. The van der Waals surface area contributed by atoms with Crippen molar-refractivity contribution in [1.29, 1.82) is 0 Å². The van der Waals surface area contributed by atoms with E-state index < -0.39 is 0 Å². The lowest BCUT2D eigenvalue weighted by molar-refractivity contribution is 0.548. The number of nitrogens with zero attached hydrogens (tertiary/aromatic N) is 1. The maximum absolute atomic E-state index is 6.26. The molecule has 2 nitrogen and oxygen atoms in total. The quantitative estimate of drug-likeness (QED) is 0.893. The van der Waals surface area contributed by atoms with Gasteiger partial charge in [0.25, 0.3) is 0 Å². The van der Waals surface area contributed by atoms with Gasteiger partial charge in [-0.15, -0.1) is 0 Å². The van der Waals surface area contributed by atoms with Crippen molar-refractivity contribution in [1.82, 2.24) is 10.3 Å². The molecule has 0 aliphatic carbocycles. The predicted octanol–water partition coefficient (Wildman–Crippen LogP) is 3.94. The number of aryl methyl sites for hydroxylation is 1. The average molecular weight is 275 g/mol. The molecule has 0 amide bonds. The second kappa shape index (κ2) is 6.69. The maximum Gasteiger partial charge on any atom is 0.0637 e. The van der Waals surface area contributed by atoms with Crippen molar-refractivity contribution < 1.29 is 0 Å². The number of halogens is 1. The van der Waals surface area contributed by atoms with Crippen molar-refractivity contribution in [2.45, 2.75) is 26.3 Å². The molecule has 1 aromatic carbocycles. The van der Waals surface area contributed by atoms with Gasteiger partial charge in [-0.1, -0.05) is 42.8 Å². The first-order valence-corrected chi connectivity index (χ1v) is 6.97. The number of benzene rings is 1. The van der Waals surface area contributed by atoms with Gasteiger partial charge in [-0.3, -0.25) is 4.98 Å². The van der Waals surface area contributed by atoms with Gasteiger partial charge in [0.15, 0.2) is 0 Å². The molecule has 0 bridgehead atoms. The minimum atomic E-state index is 0.224. The summed E-state index contributed by atoms with van der Waals surface area (Å²) in [6.07, 6.45) is 4.44. The van der Waals surface area contributed by atoms with Crippen LogP contribution < -0.4 is 5.32 Å². The van der Waals surface area contributed by atoms with Crippen LogP contribution in [0.15, 0.2) is 42.7 Å². The number of nitrogens with one attached hydrogen (secondary N) is 1. The van der Waals surface area contributed by atoms with E-state index in [1.54, 1.807) is 12.4 Å². The third kappa shape index (κ3) is 3.55. The summed E-state index contributed by atoms with van der Waals surface area (Å²) in [7, 11) is 0. The normalized spacial score (nSPS) is 12.4. The number of hydrogen-bond donors (Lipinski definition) is 1. The van der Waals surface area contributed by atoms with Crippen LogP contribution >= 0.6 is 11.6 Å². The smallest absolute Gasteiger partial charge is 0.0637 e. The Morgan fingerprint density at radius 3 is 2.74 bits per heavy atom. The monoisotopic (exact) mass is 274 g/mol. The number of pyridine rings is 1. The van der Waals surface area contributed by atoms with Gasteiger partial charge in [0.1, 0.15) is 0 Å². The zero-order valence-corrected chi connectivity index (χ0v) is 12.1. The number of hydrogen-bond acceptors (Lipinski definition) is 2. The molecule has 0 aliphatic heterocycles. The number of likely N-dealkylation sites (N-methyl/N-ethyl adjacent to an activating group) is 1. The number of rotatable bonds is 5. The molecule has 0 aliphatic rings. The van der Waals surface area contributed by atoms with E-state index in [0.29, 0.717) is 0 Å². The van der Waals surface area contributed by atoms with Crippen LogP contribution in [0.1, 0.15) is 29.7 Å². The third-order valence-corrected chi connectivity index (χ3v) is 3.63. The van der Waals surface area contributed by atoms with Gasteiger partial charge in [-0.2, -0.15) is 0 Å². The first-order chi connectivity index (χ1) is 9.22. The van der Waals surface area contributed by atoms with E-state index in [1.165, 1.54) is 11.1 Å².